The van der Waals surface area contributed by atoms with Crippen LogP contribution in [0.5, 0.6) is 0 Å². The molecular weight excluding hydrogens is 434 g/mol. The van der Waals surface area contributed by atoms with Crippen molar-refractivity contribution in [1.82, 2.24) is 0 Å². The van der Waals surface area contributed by atoms with Crippen molar-refractivity contribution in [3.63, 3.8) is 0 Å². The zero-order chi connectivity index (χ0) is 9.31. The fraction of sp³-hybridized carbons (Fsp3) is 1.00. The van der Waals surface area contributed by atoms with Crippen LogP contribution in [-0.4, -0.2) is 53.4 Å². The average molecular weight is 442 g/mol. The Kier molecular flexibility index (Phi) is 4.24. The van der Waals surface area contributed by atoms with Crippen molar-refractivity contribution >= 4 is 54.8 Å². The van der Waals surface area contributed by atoms with Crippen molar-refractivity contribution in [2.45, 2.75) is 0 Å². The van der Waals surface area contributed by atoms with E-state index in [1.54, 1.807) is 0 Å². The van der Waals surface area contributed by atoms with E-state index in [-0.39, 0.29) is 5.41 Å². The van der Waals surface area contributed by atoms with Crippen molar-refractivity contribution in [3.05, 3.63) is 0 Å². The monoisotopic (exact) mass is 440 g/mol. The van der Waals surface area contributed by atoms with Gasteiger partial charge in [-0.3, -0.25) is 0 Å². The standard InChI is InChI=1S/C5H8As2Br2O4/c8-6-10-1-5(2-11-6)3-12-7(9)13-4-5/h1-4H2. The summed E-state index contributed by atoms with van der Waals surface area (Å²) in [6.07, 6.45) is 0. The van der Waals surface area contributed by atoms with E-state index in [0.717, 1.165) is 0 Å². The number of halogens is 2. The molecule has 0 N–H and O–H groups in total. The number of hydrogen-bond acceptors (Lipinski definition) is 4. The topological polar surface area (TPSA) is 36.9 Å². The van der Waals surface area contributed by atoms with Crippen LogP contribution in [0.2, 0.25) is 0 Å². The second-order valence-corrected chi connectivity index (χ2v) is 13.0. The van der Waals surface area contributed by atoms with Gasteiger partial charge in [-0.1, -0.05) is 0 Å². The summed E-state index contributed by atoms with van der Waals surface area (Å²) in [5.41, 5.74) is -0.0575. The van der Waals surface area contributed by atoms with Crippen molar-refractivity contribution < 1.29 is 14.9 Å². The Morgan fingerprint density at radius 1 is 0.769 bits per heavy atom. The van der Waals surface area contributed by atoms with E-state index < -0.39 is 26.9 Å². The van der Waals surface area contributed by atoms with Crippen molar-refractivity contribution in [3.8, 4) is 0 Å². The van der Waals surface area contributed by atoms with Crippen LogP contribution in [0, 0.1) is 5.41 Å². The van der Waals surface area contributed by atoms with Gasteiger partial charge < -0.3 is 0 Å². The SMILES string of the molecule is Br[As]1OCC2(CO1)CO[As](Br)OC2. The molecule has 2 aliphatic heterocycles. The molecule has 0 radical (unpaired) electrons. The summed E-state index contributed by atoms with van der Waals surface area (Å²) in [7, 11) is 0. The maximum absolute atomic E-state index is 5.49. The van der Waals surface area contributed by atoms with Gasteiger partial charge in [0.1, 0.15) is 0 Å². The van der Waals surface area contributed by atoms with Gasteiger partial charge >= 0.3 is 102 Å². The molecule has 2 aliphatic rings. The van der Waals surface area contributed by atoms with E-state index >= 15 is 0 Å². The second kappa shape index (κ2) is 4.83. The Bertz CT molecular complexity index is 156. The van der Waals surface area contributed by atoms with Crippen LogP contribution in [0.15, 0.2) is 0 Å². The molecule has 0 aromatic rings. The summed E-state index contributed by atoms with van der Waals surface area (Å²) >= 11 is 3.61. The summed E-state index contributed by atoms with van der Waals surface area (Å²) in [5.74, 6) is 0. The molecular formula is C5H8As2Br2O4. The molecule has 0 bridgehead atoms. The summed E-state index contributed by atoms with van der Waals surface area (Å²) < 4.78 is 22.0. The van der Waals surface area contributed by atoms with Gasteiger partial charge in [0.2, 0.25) is 0 Å². The van der Waals surface area contributed by atoms with Crippen LogP contribution < -0.4 is 0 Å². The van der Waals surface area contributed by atoms with Crippen LogP contribution in [-0.2, 0) is 14.9 Å². The molecule has 2 heterocycles. The zero-order valence-corrected chi connectivity index (χ0v) is 13.5. The Morgan fingerprint density at radius 2 is 1.08 bits per heavy atom. The van der Waals surface area contributed by atoms with Gasteiger partial charge in [-0.05, 0) is 0 Å². The first-order valence-corrected chi connectivity index (χ1v) is 15.5. The van der Waals surface area contributed by atoms with E-state index in [1.807, 2.05) is 0 Å². The summed E-state index contributed by atoms with van der Waals surface area (Å²) in [6.45, 7) is 2.75. The van der Waals surface area contributed by atoms with E-state index in [2.05, 4.69) is 27.9 Å². The minimum atomic E-state index is -1.57. The van der Waals surface area contributed by atoms with Gasteiger partial charge in [0.25, 0.3) is 0 Å². The first kappa shape index (κ1) is 11.4. The molecule has 0 aromatic carbocycles. The van der Waals surface area contributed by atoms with Gasteiger partial charge in [-0.25, -0.2) is 0 Å². The molecule has 2 saturated heterocycles. The Morgan fingerprint density at radius 3 is 1.38 bits per heavy atom. The fourth-order valence-corrected chi connectivity index (χ4v) is 6.67. The van der Waals surface area contributed by atoms with Gasteiger partial charge in [0.05, 0.1) is 0 Å². The van der Waals surface area contributed by atoms with Crippen LogP contribution >= 0.6 is 27.9 Å². The number of rotatable bonds is 0. The predicted molar refractivity (Wildman–Crippen MR) is 55.6 cm³/mol. The zero-order valence-electron chi connectivity index (χ0n) is 6.61. The third kappa shape index (κ3) is 2.94. The molecule has 1 spiro atoms. The molecule has 0 aliphatic carbocycles. The molecule has 2 rings (SSSR count). The molecule has 0 unspecified atom stereocenters. The van der Waals surface area contributed by atoms with E-state index in [4.69, 9.17) is 14.9 Å². The van der Waals surface area contributed by atoms with Crippen LogP contribution in [0.3, 0.4) is 0 Å². The number of hydrogen-bond donors (Lipinski definition) is 0. The quantitative estimate of drug-likeness (QED) is 0.522. The van der Waals surface area contributed by atoms with Crippen LogP contribution in [0.1, 0.15) is 0 Å². The molecule has 0 aromatic heterocycles. The summed E-state index contributed by atoms with van der Waals surface area (Å²) in [6, 6.07) is 0. The minimum absolute atomic E-state index is 0.0575. The molecule has 0 amide bonds. The van der Waals surface area contributed by atoms with Crippen molar-refractivity contribution in [2.24, 2.45) is 5.41 Å². The van der Waals surface area contributed by atoms with E-state index in [9.17, 15) is 0 Å². The van der Waals surface area contributed by atoms with Gasteiger partial charge in [-0.15, -0.1) is 0 Å². The normalized spacial score (nSPS) is 46.6. The molecule has 4 nitrogen and oxygen atoms in total. The van der Waals surface area contributed by atoms with Gasteiger partial charge in [0, 0.05) is 0 Å². The third-order valence-corrected chi connectivity index (χ3v) is 8.93. The molecule has 0 saturated carbocycles. The van der Waals surface area contributed by atoms with E-state index in [1.165, 1.54) is 0 Å². The van der Waals surface area contributed by atoms with Crippen LogP contribution in [0.4, 0.5) is 0 Å². The fourth-order valence-electron chi connectivity index (χ4n) is 1.08. The van der Waals surface area contributed by atoms with Crippen molar-refractivity contribution in [1.29, 1.82) is 0 Å². The average Bonchev–Trinajstić information content (AvgIpc) is 2.16. The second-order valence-electron chi connectivity index (χ2n) is 3.02. The Balaban J connectivity index is 1.90. The van der Waals surface area contributed by atoms with E-state index in [0.29, 0.717) is 26.4 Å². The summed E-state index contributed by atoms with van der Waals surface area (Å²) in [4.78, 5) is 0. The van der Waals surface area contributed by atoms with Gasteiger partial charge in [0.15, 0.2) is 0 Å². The third-order valence-electron chi connectivity index (χ3n) is 1.89. The van der Waals surface area contributed by atoms with Crippen LogP contribution in [0.25, 0.3) is 0 Å². The molecule has 0 atom stereocenters. The Hall–Kier alpha value is 1.92. The van der Waals surface area contributed by atoms with Crippen molar-refractivity contribution in [2.75, 3.05) is 26.4 Å². The Labute approximate surface area is 101 Å². The van der Waals surface area contributed by atoms with Gasteiger partial charge in [-0.2, -0.15) is 0 Å². The molecule has 76 valence electrons. The maximum atomic E-state index is 5.49. The molecule has 8 heteroatoms. The summed E-state index contributed by atoms with van der Waals surface area (Å²) in [5, 5.41) is 0. The predicted octanol–water partition coefficient (Wildman–Crippen LogP) is 0.826. The molecule has 2 fully saturated rings. The first-order valence-electron chi connectivity index (χ1n) is 3.64. The molecule has 13 heavy (non-hydrogen) atoms. The first-order chi connectivity index (χ1) is 6.20.